The highest BCUT2D eigenvalue weighted by Crippen LogP contribution is 2.42. The second kappa shape index (κ2) is 4.88. The number of aliphatic hydroxyl groups excluding tert-OH is 2. The summed E-state index contributed by atoms with van der Waals surface area (Å²) in [5.74, 6) is -0.400. The number of halogens is 2. The number of nitrogens with zero attached hydrogens (tertiary/aromatic N) is 3. The van der Waals surface area contributed by atoms with E-state index in [1.54, 1.807) is 0 Å². The summed E-state index contributed by atoms with van der Waals surface area (Å²) < 4.78 is 34.0. The van der Waals surface area contributed by atoms with Crippen LogP contribution in [0, 0.1) is 0 Å². The molecule has 1 aliphatic heterocycles. The third-order valence-corrected chi connectivity index (χ3v) is 2.46. The van der Waals surface area contributed by atoms with Gasteiger partial charge in [-0.1, -0.05) is 11.2 Å². The zero-order chi connectivity index (χ0) is 14.0. The van der Waals surface area contributed by atoms with Crippen LogP contribution in [0.1, 0.15) is 11.7 Å². The summed E-state index contributed by atoms with van der Waals surface area (Å²) in [7, 11) is 0. The van der Waals surface area contributed by atoms with Crippen molar-refractivity contribution in [2.24, 2.45) is 5.11 Å². The van der Waals surface area contributed by atoms with Gasteiger partial charge in [-0.15, -0.1) is 8.78 Å². The van der Waals surface area contributed by atoms with Crippen LogP contribution in [0.15, 0.2) is 23.3 Å². The maximum atomic E-state index is 12.8. The number of fused-ring (bicyclic) bond motifs is 1. The molecule has 1 heterocycles. The molecule has 0 fully saturated rings. The van der Waals surface area contributed by atoms with Crippen molar-refractivity contribution in [3.8, 4) is 11.5 Å². The van der Waals surface area contributed by atoms with Crippen LogP contribution in [0.25, 0.3) is 10.4 Å². The number of benzene rings is 1. The van der Waals surface area contributed by atoms with Gasteiger partial charge in [-0.25, -0.2) is 0 Å². The van der Waals surface area contributed by atoms with Gasteiger partial charge in [-0.05, 0) is 23.2 Å². The normalized spacial score (nSPS) is 18.5. The number of aliphatic hydroxyl groups is 2. The lowest BCUT2D eigenvalue weighted by atomic mass is 10.0. The maximum Gasteiger partial charge on any atom is 0.586 e. The average Bonchev–Trinajstić information content (AvgIpc) is 2.67. The first-order chi connectivity index (χ1) is 8.93. The minimum Gasteiger partial charge on any atom is -0.395 e. The molecule has 0 aromatic heterocycles. The first-order valence-corrected chi connectivity index (χ1v) is 5.20. The lowest BCUT2D eigenvalue weighted by molar-refractivity contribution is -0.286. The molecule has 1 aliphatic rings. The predicted molar refractivity (Wildman–Crippen MR) is 57.6 cm³/mol. The predicted octanol–water partition coefficient (Wildman–Crippen LogP) is 1.71. The molecular formula is C10H9F2N3O4. The van der Waals surface area contributed by atoms with Gasteiger partial charge in [-0.3, -0.25) is 0 Å². The summed E-state index contributed by atoms with van der Waals surface area (Å²) in [6, 6.07) is 3.61. The Hall–Kier alpha value is -2.09. The van der Waals surface area contributed by atoms with Crippen molar-refractivity contribution < 1.29 is 28.5 Å². The van der Waals surface area contributed by atoms with Gasteiger partial charge in [0.2, 0.25) is 0 Å². The fraction of sp³-hybridized carbons (Fsp3) is 0.400. The second-order valence-corrected chi connectivity index (χ2v) is 3.80. The highest BCUT2D eigenvalue weighted by molar-refractivity contribution is 5.45. The molecule has 19 heavy (non-hydrogen) atoms. The van der Waals surface area contributed by atoms with Crippen molar-refractivity contribution in [3.63, 3.8) is 0 Å². The van der Waals surface area contributed by atoms with E-state index in [1.807, 2.05) is 0 Å². The summed E-state index contributed by atoms with van der Waals surface area (Å²) in [6.45, 7) is -0.345. The quantitative estimate of drug-likeness (QED) is 0.494. The number of ether oxygens (including phenoxy) is 2. The van der Waals surface area contributed by atoms with E-state index >= 15 is 0 Å². The Labute approximate surface area is 105 Å². The average molecular weight is 273 g/mol. The number of rotatable bonds is 4. The number of alkyl halides is 2. The summed E-state index contributed by atoms with van der Waals surface area (Å²) >= 11 is 0. The SMILES string of the molecule is [N-]=[N+]=NCC(O)C(O)c1ccc2c(c1)OC(F)(F)O2. The summed E-state index contributed by atoms with van der Waals surface area (Å²) in [6.07, 6.45) is -6.49. The molecule has 0 aliphatic carbocycles. The second-order valence-electron chi connectivity index (χ2n) is 3.80. The minimum atomic E-state index is -3.74. The van der Waals surface area contributed by atoms with E-state index in [1.165, 1.54) is 12.1 Å². The van der Waals surface area contributed by atoms with Gasteiger partial charge < -0.3 is 19.7 Å². The number of azide groups is 1. The van der Waals surface area contributed by atoms with Gasteiger partial charge in [0, 0.05) is 4.91 Å². The molecule has 2 unspecified atom stereocenters. The van der Waals surface area contributed by atoms with Crippen LogP contribution in [-0.4, -0.2) is 29.2 Å². The van der Waals surface area contributed by atoms with E-state index in [9.17, 15) is 19.0 Å². The van der Waals surface area contributed by atoms with Gasteiger partial charge in [0.1, 0.15) is 6.10 Å². The Morgan fingerprint density at radius 3 is 2.68 bits per heavy atom. The molecule has 0 amide bonds. The third-order valence-electron chi connectivity index (χ3n) is 2.46. The topological polar surface area (TPSA) is 108 Å². The van der Waals surface area contributed by atoms with Crippen LogP contribution in [0.5, 0.6) is 11.5 Å². The van der Waals surface area contributed by atoms with Crippen molar-refractivity contribution in [2.75, 3.05) is 6.54 Å². The van der Waals surface area contributed by atoms with Gasteiger partial charge in [-0.2, -0.15) is 0 Å². The largest absolute Gasteiger partial charge is 0.586 e. The third kappa shape index (κ3) is 2.84. The standard InChI is InChI=1S/C10H9F2N3O4/c11-10(12)18-7-2-1-5(3-8(7)19-10)9(17)6(16)4-14-15-13/h1-3,6,9,16-17H,4H2. The molecule has 0 bridgehead atoms. The zero-order valence-electron chi connectivity index (χ0n) is 9.40. The minimum absolute atomic E-state index is 0.140. The van der Waals surface area contributed by atoms with Crippen molar-refractivity contribution in [2.45, 2.75) is 18.5 Å². The van der Waals surface area contributed by atoms with Crippen LogP contribution >= 0.6 is 0 Å². The van der Waals surface area contributed by atoms with Gasteiger partial charge in [0.05, 0.1) is 12.6 Å². The van der Waals surface area contributed by atoms with E-state index in [0.717, 1.165) is 6.07 Å². The molecule has 7 nitrogen and oxygen atoms in total. The van der Waals surface area contributed by atoms with Crippen LogP contribution in [0.3, 0.4) is 0 Å². The number of hydrogen-bond acceptors (Lipinski definition) is 5. The Morgan fingerprint density at radius 1 is 1.32 bits per heavy atom. The smallest absolute Gasteiger partial charge is 0.395 e. The van der Waals surface area contributed by atoms with Crippen LogP contribution in [-0.2, 0) is 0 Å². The van der Waals surface area contributed by atoms with E-state index in [0.29, 0.717) is 0 Å². The van der Waals surface area contributed by atoms with Crippen molar-refractivity contribution in [1.82, 2.24) is 0 Å². The van der Waals surface area contributed by atoms with Gasteiger partial charge in [0.25, 0.3) is 0 Å². The summed E-state index contributed by atoms with van der Waals surface area (Å²) in [5, 5.41) is 22.4. The molecule has 2 N–H and O–H groups in total. The molecule has 102 valence electrons. The van der Waals surface area contributed by atoms with E-state index < -0.39 is 18.5 Å². The lowest BCUT2D eigenvalue weighted by Gasteiger charge is -2.16. The van der Waals surface area contributed by atoms with E-state index in [-0.39, 0.29) is 23.6 Å². The zero-order valence-corrected chi connectivity index (χ0v) is 9.40. The van der Waals surface area contributed by atoms with E-state index in [4.69, 9.17) is 5.53 Å². The maximum absolute atomic E-state index is 12.8. The Bertz CT molecular complexity index is 534. The fourth-order valence-electron chi connectivity index (χ4n) is 1.59. The van der Waals surface area contributed by atoms with E-state index in [2.05, 4.69) is 19.5 Å². The van der Waals surface area contributed by atoms with Gasteiger partial charge >= 0.3 is 6.29 Å². The molecule has 2 atom stereocenters. The van der Waals surface area contributed by atoms with Crippen molar-refractivity contribution in [3.05, 3.63) is 34.2 Å². The highest BCUT2D eigenvalue weighted by Gasteiger charge is 2.43. The molecule has 1 aromatic carbocycles. The number of hydrogen-bond donors (Lipinski definition) is 2. The fourth-order valence-corrected chi connectivity index (χ4v) is 1.59. The molecule has 0 saturated heterocycles. The molecular weight excluding hydrogens is 264 g/mol. The first kappa shape index (κ1) is 13.3. The molecule has 2 rings (SSSR count). The molecule has 0 radical (unpaired) electrons. The Kier molecular flexibility index (Phi) is 3.43. The van der Waals surface area contributed by atoms with Gasteiger partial charge in [0.15, 0.2) is 11.5 Å². The molecule has 0 saturated carbocycles. The van der Waals surface area contributed by atoms with Crippen LogP contribution in [0.2, 0.25) is 0 Å². The van der Waals surface area contributed by atoms with Crippen molar-refractivity contribution in [1.29, 1.82) is 0 Å². The van der Waals surface area contributed by atoms with Crippen molar-refractivity contribution >= 4 is 0 Å². The van der Waals surface area contributed by atoms with Crippen LogP contribution in [0.4, 0.5) is 8.78 Å². The van der Waals surface area contributed by atoms with Crippen LogP contribution < -0.4 is 9.47 Å². The lowest BCUT2D eigenvalue weighted by Crippen LogP contribution is -2.26. The molecule has 1 aromatic rings. The molecule has 9 heteroatoms. The molecule has 0 spiro atoms. The monoisotopic (exact) mass is 273 g/mol. The summed E-state index contributed by atoms with van der Waals surface area (Å²) in [4.78, 5) is 2.44. The summed E-state index contributed by atoms with van der Waals surface area (Å²) in [5.41, 5.74) is 8.24. The Morgan fingerprint density at radius 2 is 2.00 bits per heavy atom. The first-order valence-electron chi connectivity index (χ1n) is 5.20. The Balaban J connectivity index is 2.17. The highest BCUT2D eigenvalue weighted by atomic mass is 19.3.